The van der Waals surface area contributed by atoms with Gasteiger partial charge in [0.05, 0.1) is 5.57 Å². The third-order valence-electron chi connectivity index (χ3n) is 4.08. The average molecular weight is 278 g/mol. The zero-order valence-corrected chi connectivity index (χ0v) is 13.1. The number of hydrogen-bond donors (Lipinski definition) is 0. The van der Waals surface area contributed by atoms with Gasteiger partial charge < -0.3 is 0 Å². The van der Waals surface area contributed by atoms with Crippen molar-refractivity contribution in [3.05, 3.63) is 11.6 Å². The van der Waals surface area contributed by atoms with Gasteiger partial charge in [0.25, 0.3) is 0 Å². The first-order valence-electron chi connectivity index (χ1n) is 8.52. The number of carbonyl (C=O) groups excluding carboxylic acids is 2. The Hall–Kier alpha value is -0.920. The van der Waals surface area contributed by atoms with Crippen molar-refractivity contribution >= 4 is 11.6 Å². The first-order valence-corrected chi connectivity index (χ1v) is 8.52. The van der Waals surface area contributed by atoms with Crippen molar-refractivity contribution < 1.29 is 9.59 Å². The molecule has 0 amide bonds. The van der Waals surface area contributed by atoms with Crippen LogP contribution in [-0.4, -0.2) is 11.6 Å². The number of carbonyl (C=O) groups is 2. The summed E-state index contributed by atoms with van der Waals surface area (Å²) in [4.78, 5) is 23.2. The van der Waals surface area contributed by atoms with Gasteiger partial charge in [-0.05, 0) is 12.8 Å². The van der Waals surface area contributed by atoms with Crippen LogP contribution in [0.5, 0.6) is 0 Å². The maximum atomic E-state index is 11.8. The van der Waals surface area contributed by atoms with E-state index in [2.05, 4.69) is 6.92 Å². The van der Waals surface area contributed by atoms with Gasteiger partial charge in [-0.2, -0.15) is 0 Å². The molecule has 114 valence electrons. The van der Waals surface area contributed by atoms with Crippen LogP contribution in [0.1, 0.15) is 90.4 Å². The van der Waals surface area contributed by atoms with E-state index >= 15 is 0 Å². The van der Waals surface area contributed by atoms with Crippen molar-refractivity contribution in [2.24, 2.45) is 0 Å². The Morgan fingerprint density at radius 2 is 1.50 bits per heavy atom. The molecule has 2 nitrogen and oxygen atoms in total. The molecule has 0 N–H and O–H groups in total. The number of allylic oxidation sites excluding steroid dienone is 2. The lowest BCUT2D eigenvalue weighted by molar-refractivity contribution is -0.120. The number of hydrogen-bond acceptors (Lipinski definition) is 2. The average Bonchev–Trinajstić information content (AvgIpc) is 2.87. The highest BCUT2D eigenvalue weighted by Gasteiger charge is 2.20. The van der Waals surface area contributed by atoms with E-state index in [9.17, 15) is 9.59 Å². The Bertz CT molecular complexity index is 328. The zero-order valence-electron chi connectivity index (χ0n) is 13.1. The van der Waals surface area contributed by atoms with E-state index in [-0.39, 0.29) is 11.6 Å². The molecule has 0 aromatic carbocycles. The second-order valence-corrected chi connectivity index (χ2v) is 5.93. The van der Waals surface area contributed by atoms with E-state index < -0.39 is 0 Å². The Balaban J connectivity index is 1.90. The molecule has 0 aliphatic heterocycles. The molecule has 2 heteroatoms. The molecule has 1 rings (SSSR count). The Labute approximate surface area is 124 Å². The molecule has 0 radical (unpaired) electrons. The van der Waals surface area contributed by atoms with Crippen LogP contribution in [0.2, 0.25) is 0 Å². The number of ketones is 2. The fourth-order valence-corrected chi connectivity index (χ4v) is 2.77. The standard InChI is InChI=1S/C18H30O2/c1-2-3-4-5-6-7-8-9-10-11-14-17(19)16-13-12-15-18(16)20/h13H,2-12,14-15H2,1H3. The van der Waals surface area contributed by atoms with Crippen molar-refractivity contribution in [2.45, 2.75) is 90.4 Å². The van der Waals surface area contributed by atoms with E-state index in [0.29, 0.717) is 18.4 Å². The lowest BCUT2D eigenvalue weighted by Gasteiger charge is -2.03. The SMILES string of the molecule is CCCCCCCCCCCCC(=O)C1=CCCC1=O. The Morgan fingerprint density at radius 3 is 2.00 bits per heavy atom. The van der Waals surface area contributed by atoms with Gasteiger partial charge in [0.15, 0.2) is 11.6 Å². The summed E-state index contributed by atoms with van der Waals surface area (Å²) in [6.07, 6.45) is 16.4. The normalized spacial score (nSPS) is 14.7. The molecule has 0 unspecified atom stereocenters. The molecule has 1 aliphatic carbocycles. The maximum Gasteiger partial charge on any atom is 0.166 e. The van der Waals surface area contributed by atoms with Crippen molar-refractivity contribution in [1.29, 1.82) is 0 Å². The van der Waals surface area contributed by atoms with E-state index in [0.717, 1.165) is 19.3 Å². The lowest BCUT2D eigenvalue weighted by atomic mass is 10.0. The molecule has 1 aliphatic rings. The molecule has 0 atom stereocenters. The third kappa shape index (κ3) is 7.02. The van der Waals surface area contributed by atoms with Crippen LogP contribution in [0.25, 0.3) is 0 Å². The predicted molar refractivity (Wildman–Crippen MR) is 83.8 cm³/mol. The highest BCUT2D eigenvalue weighted by molar-refractivity contribution is 6.21. The second kappa shape index (κ2) is 10.8. The molecule has 0 saturated heterocycles. The van der Waals surface area contributed by atoms with Gasteiger partial charge in [0, 0.05) is 12.8 Å². The molecule has 0 heterocycles. The fraction of sp³-hybridized carbons (Fsp3) is 0.778. The van der Waals surface area contributed by atoms with Crippen LogP contribution < -0.4 is 0 Å². The van der Waals surface area contributed by atoms with Crippen molar-refractivity contribution in [1.82, 2.24) is 0 Å². The number of rotatable bonds is 12. The summed E-state index contributed by atoms with van der Waals surface area (Å²) in [5, 5.41) is 0. The van der Waals surface area contributed by atoms with Gasteiger partial charge in [0.2, 0.25) is 0 Å². The molecular weight excluding hydrogens is 248 g/mol. The first kappa shape index (κ1) is 17.1. The number of unbranched alkanes of at least 4 members (excludes halogenated alkanes) is 9. The van der Waals surface area contributed by atoms with Gasteiger partial charge >= 0.3 is 0 Å². The van der Waals surface area contributed by atoms with Crippen LogP contribution in [-0.2, 0) is 9.59 Å². The predicted octanol–water partition coefficient (Wildman–Crippen LogP) is 5.16. The quantitative estimate of drug-likeness (QED) is 0.365. The van der Waals surface area contributed by atoms with Gasteiger partial charge in [-0.3, -0.25) is 9.59 Å². The molecule has 0 saturated carbocycles. The van der Waals surface area contributed by atoms with Gasteiger partial charge in [0.1, 0.15) is 0 Å². The van der Waals surface area contributed by atoms with Gasteiger partial charge in [-0.15, -0.1) is 0 Å². The van der Waals surface area contributed by atoms with E-state index in [4.69, 9.17) is 0 Å². The van der Waals surface area contributed by atoms with E-state index in [1.54, 1.807) is 0 Å². The Morgan fingerprint density at radius 1 is 0.950 bits per heavy atom. The largest absolute Gasteiger partial charge is 0.294 e. The lowest BCUT2D eigenvalue weighted by Crippen LogP contribution is -2.08. The minimum atomic E-state index is 0.0575. The van der Waals surface area contributed by atoms with Crippen LogP contribution in [0.3, 0.4) is 0 Å². The molecule has 0 bridgehead atoms. The third-order valence-corrected chi connectivity index (χ3v) is 4.08. The van der Waals surface area contributed by atoms with Crippen LogP contribution in [0, 0.1) is 0 Å². The summed E-state index contributed by atoms with van der Waals surface area (Å²) < 4.78 is 0. The van der Waals surface area contributed by atoms with Crippen LogP contribution in [0.4, 0.5) is 0 Å². The summed E-state index contributed by atoms with van der Waals surface area (Å²) in [7, 11) is 0. The maximum absolute atomic E-state index is 11.8. The Kier molecular flexibility index (Phi) is 9.27. The summed E-state index contributed by atoms with van der Waals surface area (Å²) in [5.41, 5.74) is 0.487. The van der Waals surface area contributed by atoms with Gasteiger partial charge in [-0.25, -0.2) is 0 Å². The van der Waals surface area contributed by atoms with Crippen molar-refractivity contribution in [2.75, 3.05) is 0 Å². The van der Waals surface area contributed by atoms with Gasteiger partial charge in [-0.1, -0.05) is 70.8 Å². The summed E-state index contributed by atoms with van der Waals surface area (Å²) >= 11 is 0. The number of Topliss-reactive ketones (excluding diaryl/α,β-unsaturated/α-hetero) is 2. The smallest absolute Gasteiger partial charge is 0.166 e. The molecule has 0 aromatic heterocycles. The van der Waals surface area contributed by atoms with Crippen molar-refractivity contribution in [3.63, 3.8) is 0 Å². The highest BCUT2D eigenvalue weighted by Crippen LogP contribution is 2.18. The zero-order chi connectivity index (χ0) is 14.6. The molecule has 0 fully saturated rings. The second-order valence-electron chi connectivity index (χ2n) is 5.93. The molecule has 0 aromatic rings. The summed E-state index contributed by atoms with van der Waals surface area (Å²) in [5.74, 6) is 0.133. The van der Waals surface area contributed by atoms with Crippen LogP contribution >= 0.6 is 0 Å². The topological polar surface area (TPSA) is 34.1 Å². The summed E-state index contributed by atoms with van der Waals surface area (Å²) in [6, 6.07) is 0. The van der Waals surface area contributed by atoms with E-state index in [1.807, 2.05) is 6.08 Å². The van der Waals surface area contributed by atoms with Crippen molar-refractivity contribution in [3.8, 4) is 0 Å². The summed E-state index contributed by atoms with van der Waals surface area (Å²) in [6.45, 7) is 2.25. The van der Waals surface area contributed by atoms with E-state index in [1.165, 1.54) is 51.4 Å². The van der Waals surface area contributed by atoms with Crippen LogP contribution in [0.15, 0.2) is 11.6 Å². The monoisotopic (exact) mass is 278 g/mol. The fourth-order valence-electron chi connectivity index (χ4n) is 2.77. The minimum Gasteiger partial charge on any atom is -0.294 e. The highest BCUT2D eigenvalue weighted by atomic mass is 16.1. The molecular formula is C18H30O2. The molecule has 20 heavy (non-hydrogen) atoms. The first-order chi connectivity index (χ1) is 9.75. The molecule has 0 spiro atoms. The minimum absolute atomic E-state index is 0.0575.